The van der Waals surface area contributed by atoms with Crippen molar-refractivity contribution in [2.45, 2.75) is 6.92 Å². The molecule has 108 valence electrons. The summed E-state index contributed by atoms with van der Waals surface area (Å²) in [5.74, 6) is -0.128. The first kappa shape index (κ1) is 14.1. The Morgan fingerprint density at radius 1 is 0.909 bits per heavy atom. The first-order chi connectivity index (χ1) is 10.7. The topological polar surface area (TPSA) is 29.1 Å². The van der Waals surface area contributed by atoms with Crippen molar-refractivity contribution in [2.75, 3.05) is 5.32 Å². The molecule has 0 aromatic heterocycles. The van der Waals surface area contributed by atoms with Crippen molar-refractivity contribution in [3.63, 3.8) is 0 Å². The van der Waals surface area contributed by atoms with Crippen LogP contribution in [0.2, 0.25) is 0 Å². The van der Waals surface area contributed by atoms with Crippen molar-refractivity contribution < 1.29 is 4.79 Å². The van der Waals surface area contributed by atoms with Gasteiger partial charge in [-0.15, -0.1) is 0 Å². The molecule has 1 amide bonds. The Labute approximate surface area is 130 Å². The van der Waals surface area contributed by atoms with Gasteiger partial charge in [0.2, 0.25) is 5.91 Å². The number of anilines is 1. The molecule has 0 heterocycles. The Morgan fingerprint density at radius 3 is 2.45 bits per heavy atom. The van der Waals surface area contributed by atoms with Crippen LogP contribution in [0.5, 0.6) is 0 Å². The highest BCUT2D eigenvalue weighted by Crippen LogP contribution is 2.19. The van der Waals surface area contributed by atoms with Crippen LogP contribution in [0.4, 0.5) is 5.69 Å². The second-order valence-corrected chi connectivity index (χ2v) is 5.26. The van der Waals surface area contributed by atoms with Crippen molar-refractivity contribution in [1.29, 1.82) is 0 Å². The Hall–Kier alpha value is -2.87. The minimum Gasteiger partial charge on any atom is -0.323 e. The lowest BCUT2D eigenvalue weighted by molar-refractivity contribution is -0.111. The smallest absolute Gasteiger partial charge is 0.248 e. The van der Waals surface area contributed by atoms with Crippen LogP contribution in [-0.4, -0.2) is 5.91 Å². The molecular weight excluding hydrogens is 270 g/mol. The molecule has 0 saturated carbocycles. The summed E-state index contributed by atoms with van der Waals surface area (Å²) in [5.41, 5.74) is 3.01. The lowest BCUT2D eigenvalue weighted by Crippen LogP contribution is -2.07. The van der Waals surface area contributed by atoms with Crippen LogP contribution in [0.3, 0.4) is 0 Å². The second-order valence-electron chi connectivity index (χ2n) is 5.26. The number of amides is 1. The lowest BCUT2D eigenvalue weighted by Gasteiger charge is -2.03. The average Bonchev–Trinajstić information content (AvgIpc) is 2.55. The Kier molecular flexibility index (Phi) is 4.01. The van der Waals surface area contributed by atoms with Gasteiger partial charge in [-0.1, -0.05) is 60.2 Å². The fourth-order valence-corrected chi connectivity index (χ4v) is 2.38. The van der Waals surface area contributed by atoms with Gasteiger partial charge in [0.05, 0.1) is 0 Å². The molecular formula is C20H17NO. The maximum atomic E-state index is 12.0. The summed E-state index contributed by atoms with van der Waals surface area (Å²) >= 11 is 0. The molecule has 0 fully saturated rings. The molecule has 3 aromatic rings. The fraction of sp³-hybridized carbons (Fsp3) is 0.0500. The van der Waals surface area contributed by atoms with Gasteiger partial charge >= 0.3 is 0 Å². The van der Waals surface area contributed by atoms with Crippen molar-refractivity contribution in [3.8, 4) is 0 Å². The number of hydrogen-bond donors (Lipinski definition) is 1. The maximum Gasteiger partial charge on any atom is 0.248 e. The second kappa shape index (κ2) is 6.27. The van der Waals surface area contributed by atoms with E-state index in [2.05, 4.69) is 23.5 Å². The highest BCUT2D eigenvalue weighted by atomic mass is 16.1. The summed E-state index contributed by atoms with van der Waals surface area (Å²) in [5, 5.41) is 5.17. The van der Waals surface area contributed by atoms with Crippen molar-refractivity contribution in [2.24, 2.45) is 0 Å². The van der Waals surface area contributed by atoms with Crippen LogP contribution in [0.25, 0.3) is 16.8 Å². The molecule has 1 N–H and O–H groups in total. The van der Waals surface area contributed by atoms with E-state index in [-0.39, 0.29) is 5.91 Å². The normalized spacial score (nSPS) is 11.0. The SMILES string of the molecule is Cc1ccc(NC(=O)/C=C\c2cccc3ccccc23)cc1. The van der Waals surface area contributed by atoms with Gasteiger partial charge in [0.1, 0.15) is 0 Å². The number of fused-ring (bicyclic) bond motifs is 1. The van der Waals surface area contributed by atoms with E-state index < -0.39 is 0 Å². The van der Waals surface area contributed by atoms with Crippen molar-refractivity contribution >= 4 is 28.4 Å². The Morgan fingerprint density at radius 2 is 1.64 bits per heavy atom. The minimum atomic E-state index is -0.128. The molecule has 0 saturated heterocycles. The van der Waals surface area contributed by atoms with Gasteiger partial charge in [0.25, 0.3) is 0 Å². The third-order valence-corrected chi connectivity index (χ3v) is 3.56. The van der Waals surface area contributed by atoms with Crippen molar-refractivity contribution in [1.82, 2.24) is 0 Å². The molecule has 0 aliphatic rings. The third-order valence-electron chi connectivity index (χ3n) is 3.56. The van der Waals surface area contributed by atoms with E-state index in [1.165, 1.54) is 10.9 Å². The van der Waals surface area contributed by atoms with Crippen LogP contribution in [0, 0.1) is 6.92 Å². The zero-order valence-corrected chi connectivity index (χ0v) is 12.4. The number of hydrogen-bond acceptors (Lipinski definition) is 1. The Balaban J connectivity index is 1.78. The summed E-state index contributed by atoms with van der Waals surface area (Å²) in [6.07, 6.45) is 3.42. The minimum absolute atomic E-state index is 0.128. The lowest BCUT2D eigenvalue weighted by atomic mass is 10.0. The summed E-state index contributed by atoms with van der Waals surface area (Å²) < 4.78 is 0. The van der Waals surface area contributed by atoms with Gasteiger partial charge < -0.3 is 5.32 Å². The van der Waals surface area contributed by atoms with Gasteiger partial charge in [-0.05, 0) is 41.5 Å². The number of carbonyl (C=O) groups excluding carboxylic acids is 1. The number of carbonyl (C=O) groups is 1. The predicted octanol–water partition coefficient (Wildman–Crippen LogP) is 4.80. The molecule has 0 bridgehead atoms. The zero-order chi connectivity index (χ0) is 15.4. The standard InChI is InChI=1S/C20H17NO/c1-15-9-12-18(13-10-15)21-20(22)14-11-17-7-4-6-16-5-2-3-8-19(16)17/h2-14H,1H3,(H,21,22)/b14-11-. The first-order valence-electron chi connectivity index (χ1n) is 7.26. The maximum absolute atomic E-state index is 12.0. The molecule has 0 unspecified atom stereocenters. The predicted molar refractivity (Wildman–Crippen MR) is 92.8 cm³/mol. The summed E-state index contributed by atoms with van der Waals surface area (Å²) in [6.45, 7) is 2.02. The molecule has 0 aliphatic carbocycles. The van der Waals surface area contributed by atoms with Crippen molar-refractivity contribution in [3.05, 3.63) is 83.9 Å². The van der Waals surface area contributed by atoms with E-state index in [1.54, 1.807) is 6.08 Å². The summed E-state index contributed by atoms with van der Waals surface area (Å²) in [7, 11) is 0. The molecule has 0 spiro atoms. The molecule has 3 rings (SSSR count). The first-order valence-corrected chi connectivity index (χ1v) is 7.26. The van der Waals surface area contributed by atoms with Crippen LogP contribution in [0.15, 0.2) is 72.8 Å². The van der Waals surface area contributed by atoms with E-state index in [9.17, 15) is 4.79 Å². The number of rotatable bonds is 3. The molecule has 0 aliphatic heterocycles. The van der Waals surface area contributed by atoms with E-state index in [4.69, 9.17) is 0 Å². The van der Waals surface area contributed by atoms with E-state index >= 15 is 0 Å². The van der Waals surface area contributed by atoms with E-state index in [0.29, 0.717) is 0 Å². The zero-order valence-electron chi connectivity index (χ0n) is 12.4. The van der Waals surface area contributed by atoms with Crippen LogP contribution >= 0.6 is 0 Å². The average molecular weight is 287 g/mol. The third kappa shape index (κ3) is 3.23. The number of benzene rings is 3. The van der Waals surface area contributed by atoms with Gasteiger partial charge in [0.15, 0.2) is 0 Å². The molecule has 0 radical (unpaired) electrons. The summed E-state index contributed by atoms with van der Waals surface area (Å²) in [6, 6.07) is 22.0. The van der Waals surface area contributed by atoms with Gasteiger partial charge in [-0.3, -0.25) is 4.79 Å². The quantitative estimate of drug-likeness (QED) is 0.689. The monoisotopic (exact) mass is 287 g/mol. The molecule has 2 nitrogen and oxygen atoms in total. The van der Waals surface area contributed by atoms with Crippen LogP contribution in [-0.2, 0) is 4.79 Å². The van der Waals surface area contributed by atoms with Crippen LogP contribution < -0.4 is 5.32 Å². The van der Waals surface area contributed by atoms with E-state index in [0.717, 1.165) is 16.6 Å². The number of nitrogens with one attached hydrogen (secondary N) is 1. The van der Waals surface area contributed by atoms with E-state index in [1.807, 2.05) is 61.5 Å². The van der Waals surface area contributed by atoms with Gasteiger partial charge in [-0.2, -0.15) is 0 Å². The molecule has 22 heavy (non-hydrogen) atoms. The summed E-state index contributed by atoms with van der Waals surface area (Å²) in [4.78, 5) is 12.0. The Bertz CT molecular complexity index is 826. The molecule has 2 heteroatoms. The largest absolute Gasteiger partial charge is 0.323 e. The highest BCUT2D eigenvalue weighted by molar-refractivity contribution is 6.03. The van der Waals surface area contributed by atoms with Gasteiger partial charge in [-0.25, -0.2) is 0 Å². The molecule has 0 atom stereocenters. The molecule has 3 aromatic carbocycles. The van der Waals surface area contributed by atoms with Gasteiger partial charge in [0, 0.05) is 11.8 Å². The van der Waals surface area contributed by atoms with Crippen LogP contribution in [0.1, 0.15) is 11.1 Å². The fourth-order valence-electron chi connectivity index (χ4n) is 2.38. The number of aryl methyl sites for hydroxylation is 1. The highest BCUT2D eigenvalue weighted by Gasteiger charge is 1.99.